The van der Waals surface area contributed by atoms with Crippen molar-refractivity contribution in [3.05, 3.63) is 59.7 Å². The van der Waals surface area contributed by atoms with Gasteiger partial charge >= 0.3 is 19.5 Å². The van der Waals surface area contributed by atoms with Gasteiger partial charge in [-0.2, -0.15) is 0 Å². The molecule has 9 heteroatoms. The van der Waals surface area contributed by atoms with Gasteiger partial charge in [0.05, 0.1) is 9.79 Å². The molecule has 0 heterocycles. The van der Waals surface area contributed by atoms with Crippen LogP contribution < -0.4 is 0 Å². The van der Waals surface area contributed by atoms with Crippen molar-refractivity contribution in [2.75, 3.05) is 0 Å². The van der Waals surface area contributed by atoms with Crippen LogP contribution in [0.5, 0.6) is 0 Å². The molecule has 0 bridgehead atoms. The van der Waals surface area contributed by atoms with E-state index in [1.807, 2.05) is 12.1 Å². The molecular weight excluding hydrogens is 586 g/mol. The molecule has 0 atom stereocenters. The SMILES string of the molecule is CCCCCCCCCc1cccc(S(=O)(=O)[O-])c1.CCCCCCCCCc1cccc(S(=O)(=O)[O-])c1.[Zn+2]. The number of unbranched alkanes of at least 4 members (excludes halogenated alkanes) is 12. The minimum atomic E-state index is -4.32. The van der Waals surface area contributed by atoms with Gasteiger partial charge in [-0.05, 0) is 61.1 Å². The summed E-state index contributed by atoms with van der Waals surface area (Å²) in [6.07, 6.45) is 18.9. The fraction of sp³-hybridized carbons (Fsp3) is 0.600. The molecule has 2 aromatic rings. The monoisotopic (exact) mass is 630 g/mol. The Morgan fingerprint density at radius 3 is 1.13 bits per heavy atom. The fourth-order valence-corrected chi connectivity index (χ4v) is 5.37. The van der Waals surface area contributed by atoms with Crippen LogP contribution in [-0.2, 0) is 52.6 Å². The van der Waals surface area contributed by atoms with Gasteiger partial charge in [0.2, 0.25) is 0 Å². The molecule has 0 radical (unpaired) electrons. The zero-order valence-electron chi connectivity index (χ0n) is 23.9. The summed E-state index contributed by atoms with van der Waals surface area (Å²) in [6.45, 7) is 4.41. The molecule has 0 spiro atoms. The molecule has 0 amide bonds. The van der Waals surface area contributed by atoms with E-state index in [0.717, 1.165) is 49.7 Å². The van der Waals surface area contributed by atoms with Gasteiger partial charge in [-0.15, -0.1) is 0 Å². The van der Waals surface area contributed by atoms with Gasteiger partial charge in [0.25, 0.3) is 0 Å². The van der Waals surface area contributed by atoms with Crippen molar-refractivity contribution in [1.82, 2.24) is 0 Å². The first-order valence-corrected chi connectivity index (χ1v) is 17.0. The second-order valence-corrected chi connectivity index (χ2v) is 12.7. The van der Waals surface area contributed by atoms with Crippen LogP contribution in [0, 0.1) is 0 Å². The second-order valence-electron chi connectivity index (χ2n) is 9.95. The Balaban J connectivity index is 0.000000722. The summed E-state index contributed by atoms with van der Waals surface area (Å²) >= 11 is 0. The molecule has 0 aliphatic carbocycles. The van der Waals surface area contributed by atoms with E-state index in [9.17, 15) is 25.9 Å². The van der Waals surface area contributed by atoms with Gasteiger partial charge in [-0.25, -0.2) is 16.8 Å². The molecule has 2 rings (SSSR count). The molecule has 0 fully saturated rings. The first kappa shape index (κ1) is 37.9. The van der Waals surface area contributed by atoms with Gasteiger partial charge in [-0.3, -0.25) is 0 Å². The normalized spacial score (nSPS) is 11.4. The molecule has 0 aromatic heterocycles. The number of benzene rings is 2. The van der Waals surface area contributed by atoms with Gasteiger partial charge in [0, 0.05) is 0 Å². The van der Waals surface area contributed by atoms with E-state index in [1.165, 1.54) is 88.5 Å². The van der Waals surface area contributed by atoms with Gasteiger partial charge in [0.1, 0.15) is 20.2 Å². The van der Waals surface area contributed by atoms with Crippen LogP contribution in [0.2, 0.25) is 0 Å². The minimum Gasteiger partial charge on any atom is -0.744 e. The zero-order chi connectivity index (χ0) is 28.3. The van der Waals surface area contributed by atoms with Crippen molar-refractivity contribution in [1.29, 1.82) is 0 Å². The van der Waals surface area contributed by atoms with Crippen molar-refractivity contribution in [3.63, 3.8) is 0 Å². The van der Waals surface area contributed by atoms with Crippen molar-refractivity contribution < 1.29 is 45.4 Å². The number of rotatable bonds is 18. The third-order valence-corrected chi connectivity index (χ3v) is 8.17. The van der Waals surface area contributed by atoms with Crippen LogP contribution in [0.3, 0.4) is 0 Å². The molecular formula is C30H46O6S2Zn. The topological polar surface area (TPSA) is 114 Å². The Morgan fingerprint density at radius 1 is 0.513 bits per heavy atom. The minimum absolute atomic E-state index is 0. The summed E-state index contributed by atoms with van der Waals surface area (Å²) in [5.41, 5.74) is 1.87. The molecule has 0 saturated heterocycles. The van der Waals surface area contributed by atoms with Crippen molar-refractivity contribution >= 4 is 20.2 Å². The van der Waals surface area contributed by atoms with E-state index in [4.69, 9.17) is 0 Å². The van der Waals surface area contributed by atoms with E-state index in [0.29, 0.717) is 0 Å². The second kappa shape index (κ2) is 21.6. The van der Waals surface area contributed by atoms with E-state index < -0.39 is 20.2 Å². The Morgan fingerprint density at radius 2 is 0.821 bits per heavy atom. The summed E-state index contributed by atoms with van der Waals surface area (Å²) in [6, 6.07) is 12.8. The van der Waals surface area contributed by atoms with Crippen LogP contribution >= 0.6 is 0 Å². The van der Waals surface area contributed by atoms with E-state index in [1.54, 1.807) is 12.1 Å². The van der Waals surface area contributed by atoms with Crippen LogP contribution in [0.4, 0.5) is 0 Å². The fourth-order valence-electron chi connectivity index (χ4n) is 4.29. The van der Waals surface area contributed by atoms with Crippen LogP contribution in [0.15, 0.2) is 58.3 Å². The van der Waals surface area contributed by atoms with Crippen LogP contribution in [0.1, 0.15) is 115 Å². The molecule has 2 aromatic carbocycles. The number of aryl methyl sites for hydroxylation is 2. The Labute approximate surface area is 250 Å². The summed E-state index contributed by atoms with van der Waals surface area (Å²) < 4.78 is 65.4. The first-order chi connectivity index (χ1) is 18.1. The largest absolute Gasteiger partial charge is 2.00 e. The Kier molecular flexibility index (Phi) is 21.0. The Bertz CT molecular complexity index is 1030. The summed E-state index contributed by atoms with van der Waals surface area (Å²) in [5.74, 6) is 0. The number of hydrogen-bond acceptors (Lipinski definition) is 6. The van der Waals surface area contributed by atoms with E-state index >= 15 is 0 Å². The van der Waals surface area contributed by atoms with Crippen molar-refractivity contribution in [2.45, 2.75) is 126 Å². The van der Waals surface area contributed by atoms with Crippen molar-refractivity contribution in [3.8, 4) is 0 Å². The molecule has 39 heavy (non-hydrogen) atoms. The third-order valence-electron chi connectivity index (χ3n) is 6.51. The predicted octanol–water partition coefficient (Wildman–Crippen LogP) is 7.77. The van der Waals surface area contributed by atoms with Gasteiger partial charge < -0.3 is 9.11 Å². The number of hydrogen-bond donors (Lipinski definition) is 0. The molecule has 6 nitrogen and oxygen atoms in total. The molecule has 0 aliphatic rings. The summed E-state index contributed by atoms with van der Waals surface area (Å²) in [5, 5.41) is 0. The van der Waals surface area contributed by atoms with Gasteiger partial charge in [0.15, 0.2) is 0 Å². The zero-order valence-corrected chi connectivity index (χ0v) is 28.5. The summed E-state index contributed by atoms with van der Waals surface area (Å²) in [7, 11) is -8.64. The van der Waals surface area contributed by atoms with Crippen LogP contribution in [-0.4, -0.2) is 25.9 Å². The smallest absolute Gasteiger partial charge is 0.744 e. The van der Waals surface area contributed by atoms with Crippen LogP contribution in [0.25, 0.3) is 0 Å². The average molecular weight is 632 g/mol. The molecule has 0 saturated carbocycles. The Hall–Kier alpha value is -1.12. The van der Waals surface area contributed by atoms with Crippen molar-refractivity contribution in [2.24, 2.45) is 0 Å². The van der Waals surface area contributed by atoms with Gasteiger partial charge in [-0.1, -0.05) is 115 Å². The maximum atomic E-state index is 10.9. The van der Waals surface area contributed by atoms with E-state index in [-0.39, 0.29) is 29.3 Å². The quantitative estimate of drug-likeness (QED) is 0.0943. The average Bonchev–Trinajstić information content (AvgIpc) is 2.87. The molecule has 0 aliphatic heterocycles. The summed E-state index contributed by atoms with van der Waals surface area (Å²) in [4.78, 5) is -0.235. The molecule has 216 valence electrons. The predicted molar refractivity (Wildman–Crippen MR) is 152 cm³/mol. The maximum Gasteiger partial charge on any atom is 2.00 e. The molecule has 0 N–H and O–H groups in total. The first-order valence-electron chi connectivity index (χ1n) is 14.2. The third kappa shape index (κ3) is 18.8. The van der Waals surface area contributed by atoms with E-state index in [2.05, 4.69) is 13.8 Å². The molecule has 0 unspecified atom stereocenters. The standard InChI is InChI=1S/2C15H24O3S.Zn/c2*1-2-3-4-5-6-7-8-10-14-11-9-12-15(13-14)19(16,17)18;/h2*9,11-13H,2-8,10H2,1H3,(H,16,17,18);/q;;+2/p-2. The maximum absolute atomic E-state index is 10.9.